The summed E-state index contributed by atoms with van der Waals surface area (Å²) in [6.07, 6.45) is 0.676. The molecule has 2 heterocycles. The fourth-order valence-electron chi connectivity index (χ4n) is 2.95. The standard InChI is InChI=1S/C19H19N5O2/c25-19(16-11-15(22-23-16)13-7-3-1-4-8-13)20-12-17-21-18(24-26-17)14-9-5-2-6-10-14/h1-10,15-16,22-23H,11-12H2,(H,20,25). The molecule has 7 heteroatoms. The Morgan fingerprint density at radius 2 is 1.81 bits per heavy atom. The second-order valence-electron chi connectivity index (χ2n) is 6.14. The van der Waals surface area contributed by atoms with Gasteiger partial charge >= 0.3 is 0 Å². The minimum atomic E-state index is -0.309. The molecular weight excluding hydrogens is 330 g/mol. The zero-order chi connectivity index (χ0) is 17.8. The zero-order valence-corrected chi connectivity index (χ0v) is 14.1. The molecule has 0 aliphatic carbocycles. The van der Waals surface area contributed by atoms with Gasteiger partial charge in [0.05, 0.1) is 6.54 Å². The second kappa shape index (κ2) is 7.47. The van der Waals surface area contributed by atoms with Crippen LogP contribution in [0.15, 0.2) is 65.2 Å². The van der Waals surface area contributed by atoms with Gasteiger partial charge in [0.1, 0.15) is 6.04 Å². The molecule has 1 aliphatic heterocycles. The second-order valence-corrected chi connectivity index (χ2v) is 6.14. The Bertz CT molecular complexity index is 866. The maximum atomic E-state index is 12.4. The van der Waals surface area contributed by atoms with Gasteiger partial charge in [-0.15, -0.1) is 0 Å². The molecule has 0 bridgehead atoms. The Kier molecular flexibility index (Phi) is 4.72. The number of hydrogen-bond donors (Lipinski definition) is 3. The van der Waals surface area contributed by atoms with Crippen LogP contribution in [0.25, 0.3) is 11.4 Å². The Morgan fingerprint density at radius 3 is 2.58 bits per heavy atom. The van der Waals surface area contributed by atoms with E-state index in [4.69, 9.17) is 4.52 Å². The highest BCUT2D eigenvalue weighted by Gasteiger charge is 2.30. The molecular formula is C19H19N5O2. The van der Waals surface area contributed by atoms with Crippen molar-refractivity contribution in [1.29, 1.82) is 0 Å². The highest BCUT2D eigenvalue weighted by atomic mass is 16.5. The highest BCUT2D eigenvalue weighted by Crippen LogP contribution is 2.22. The topological polar surface area (TPSA) is 92.1 Å². The molecule has 1 amide bonds. The van der Waals surface area contributed by atoms with Gasteiger partial charge in [-0.2, -0.15) is 4.98 Å². The Morgan fingerprint density at radius 1 is 1.08 bits per heavy atom. The van der Waals surface area contributed by atoms with Crippen LogP contribution in [-0.4, -0.2) is 22.1 Å². The summed E-state index contributed by atoms with van der Waals surface area (Å²) in [6, 6.07) is 19.4. The fourth-order valence-corrected chi connectivity index (χ4v) is 2.95. The van der Waals surface area contributed by atoms with Crippen molar-refractivity contribution in [1.82, 2.24) is 26.3 Å². The number of aromatic nitrogens is 2. The zero-order valence-electron chi connectivity index (χ0n) is 14.1. The number of nitrogens with one attached hydrogen (secondary N) is 3. The molecule has 3 N–H and O–H groups in total. The van der Waals surface area contributed by atoms with E-state index in [0.29, 0.717) is 18.1 Å². The van der Waals surface area contributed by atoms with Gasteiger partial charge < -0.3 is 9.84 Å². The number of hydrazine groups is 1. The van der Waals surface area contributed by atoms with Crippen molar-refractivity contribution >= 4 is 5.91 Å². The van der Waals surface area contributed by atoms with E-state index < -0.39 is 0 Å². The summed E-state index contributed by atoms with van der Waals surface area (Å²) in [7, 11) is 0. The minimum Gasteiger partial charge on any atom is -0.346 e. The number of benzene rings is 2. The molecule has 4 rings (SSSR count). The van der Waals surface area contributed by atoms with Gasteiger partial charge in [-0.3, -0.25) is 4.79 Å². The molecule has 132 valence electrons. The van der Waals surface area contributed by atoms with Crippen LogP contribution in [0.5, 0.6) is 0 Å². The number of hydrogen-bond acceptors (Lipinski definition) is 6. The summed E-state index contributed by atoms with van der Waals surface area (Å²) < 4.78 is 5.21. The van der Waals surface area contributed by atoms with Crippen LogP contribution >= 0.6 is 0 Å². The van der Waals surface area contributed by atoms with Gasteiger partial charge in [-0.25, -0.2) is 10.9 Å². The van der Waals surface area contributed by atoms with Gasteiger partial charge in [0.2, 0.25) is 17.6 Å². The summed E-state index contributed by atoms with van der Waals surface area (Å²) >= 11 is 0. The van der Waals surface area contributed by atoms with E-state index >= 15 is 0 Å². The van der Waals surface area contributed by atoms with Gasteiger partial charge in [0.15, 0.2) is 0 Å². The van der Waals surface area contributed by atoms with Crippen LogP contribution < -0.4 is 16.2 Å². The summed E-state index contributed by atoms with van der Waals surface area (Å²) in [4.78, 5) is 16.7. The average molecular weight is 349 g/mol. The first-order valence-corrected chi connectivity index (χ1v) is 8.51. The molecule has 2 atom stereocenters. The van der Waals surface area contributed by atoms with Crippen molar-refractivity contribution < 1.29 is 9.32 Å². The lowest BCUT2D eigenvalue weighted by atomic mass is 10.0. The van der Waals surface area contributed by atoms with E-state index in [2.05, 4.69) is 26.3 Å². The third-order valence-electron chi connectivity index (χ3n) is 4.34. The van der Waals surface area contributed by atoms with E-state index in [1.54, 1.807) is 0 Å². The van der Waals surface area contributed by atoms with Gasteiger partial charge in [-0.05, 0) is 12.0 Å². The van der Waals surface area contributed by atoms with Gasteiger partial charge in [0.25, 0.3) is 0 Å². The number of carbonyl (C=O) groups is 1. The molecule has 26 heavy (non-hydrogen) atoms. The molecule has 3 aromatic rings. The Labute approximate surface area is 150 Å². The molecule has 0 saturated carbocycles. The largest absolute Gasteiger partial charge is 0.346 e. The highest BCUT2D eigenvalue weighted by molar-refractivity contribution is 5.82. The molecule has 0 radical (unpaired) electrons. The maximum Gasteiger partial charge on any atom is 0.246 e. The first-order valence-electron chi connectivity index (χ1n) is 8.51. The number of amides is 1. The lowest BCUT2D eigenvalue weighted by Gasteiger charge is -2.09. The summed E-state index contributed by atoms with van der Waals surface area (Å²) in [5.41, 5.74) is 8.24. The van der Waals surface area contributed by atoms with Crippen molar-refractivity contribution in [2.45, 2.75) is 25.0 Å². The third-order valence-corrected chi connectivity index (χ3v) is 4.34. The lowest BCUT2D eigenvalue weighted by molar-refractivity contribution is -0.123. The molecule has 1 fully saturated rings. The molecule has 7 nitrogen and oxygen atoms in total. The lowest BCUT2D eigenvalue weighted by Crippen LogP contribution is -2.42. The minimum absolute atomic E-state index is 0.101. The quantitative estimate of drug-likeness (QED) is 0.652. The third kappa shape index (κ3) is 3.63. The van der Waals surface area contributed by atoms with E-state index in [-0.39, 0.29) is 24.5 Å². The van der Waals surface area contributed by atoms with Crippen LogP contribution in [0.3, 0.4) is 0 Å². The summed E-state index contributed by atoms with van der Waals surface area (Å²) in [5, 5.41) is 6.79. The molecule has 2 aromatic carbocycles. The molecule has 1 aliphatic rings. The first kappa shape index (κ1) is 16.4. The smallest absolute Gasteiger partial charge is 0.246 e. The van der Waals surface area contributed by atoms with Crippen LogP contribution in [-0.2, 0) is 11.3 Å². The van der Waals surface area contributed by atoms with Crippen molar-refractivity contribution in [3.05, 3.63) is 72.1 Å². The molecule has 1 saturated heterocycles. The van der Waals surface area contributed by atoms with Gasteiger partial charge in [0, 0.05) is 11.6 Å². The van der Waals surface area contributed by atoms with Crippen molar-refractivity contribution in [2.24, 2.45) is 0 Å². The summed E-state index contributed by atoms with van der Waals surface area (Å²) in [5.74, 6) is 0.790. The Balaban J connectivity index is 1.31. The first-order chi connectivity index (χ1) is 12.8. The number of rotatable bonds is 5. The van der Waals surface area contributed by atoms with E-state index in [0.717, 1.165) is 11.1 Å². The van der Waals surface area contributed by atoms with Crippen molar-refractivity contribution in [2.75, 3.05) is 0 Å². The fraction of sp³-hybridized carbons (Fsp3) is 0.211. The monoisotopic (exact) mass is 349 g/mol. The van der Waals surface area contributed by atoms with Crippen molar-refractivity contribution in [3.8, 4) is 11.4 Å². The number of nitrogens with zero attached hydrogens (tertiary/aromatic N) is 2. The van der Waals surface area contributed by atoms with E-state index in [9.17, 15) is 4.79 Å². The maximum absolute atomic E-state index is 12.4. The molecule has 1 aromatic heterocycles. The summed E-state index contributed by atoms with van der Waals surface area (Å²) in [6.45, 7) is 0.201. The normalized spacial score (nSPS) is 19.4. The molecule has 2 unspecified atom stereocenters. The van der Waals surface area contributed by atoms with Crippen LogP contribution in [0, 0.1) is 0 Å². The average Bonchev–Trinajstić information content (AvgIpc) is 3.37. The Hall–Kier alpha value is -3.03. The van der Waals surface area contributed by atoms with Crippen LogP contribution in [0.4, 0.5) is 0 Å². The predicted octanol–water partition coefficient (Wildman–Crippen LogP) is 1.96. The van der Waals surface area contributed by atoms with Crippen molar-refractivity contribution in [3.63, 3.8) is 0 Å². The van der Waals surface area contributed by atoms with E-state index in [1.807, 2.05) is 60.7 Å². The SMILES string of the molecule is O=C(NCc1nc(-c2ccccc2)no1)C1CC(c2ccccc2)NN1. The van der Waals surface area contributed by atoms with Crippen LogP contribution in [0.2, 0.25) is 0 Å². The number of carbonyl (C=O) groups excluding carboxylic acids is 1. The van der Waals surface area contributed by atoms with Crippen LogP contribution in [0.1, 0.15) is 23.9 Å². The van der Waals surface area contributed by atoms with E-state index in [1.165, 1.54) is 0 Å². The molecule has 0 spiro atoms. The predicted molar refractivity (Wildman–Crippen MR) is 95.4 cm³/mol. The van der Waals surface area contributed by atoms with Gasteiger partial charge in [-0.1, -0.05) is 65.8 Å².